The maximum absolute atomic E-state index is 2.42. The summed E-state index contributed by atoms with van der Waals surface area (Å²) in [4.78, 5) is 0. The quantitative estimate of drug-likeness (QED) is 0.190. The Morgan fingerprint density at radius 3 is 1.00 bits per heavy atom. The highest BCUT2D eigenvalue weighted by Crippen LogP contribution is 2.54. The molecule has 0 bridgehead atoms. The predicted molar refractivity (Wildman–Crippen MR) is 194 cm³/mol. The van der Waals surface area contributed by atoms with Gasteiger partial charge in [-0.25, -0.2) is 0 Å². The van der Waals surface area contributed by atoms with Gasteiger partial charge in [-0.3, -0.25) is 0 Å². The predicted octanol–water partition coefficient (Wildman–Crippen LogP) is 13.1. The van der Waals surface area contributed by atoms with Crippen molar-refractivity contribution in [3.63, 3.8) is 0 Å². The lowest BCUT2D eigenvalue weighted by atomic mass is 9.89. The fourth-order valence-corrected chi connectivity index (χ4v) is 9.18. The Hall–Kier alpha value is -5.02. The van der Waals surface area contributed by atoms with Crippen molar-refractivity contribution in [2.45, 2.75) is 0 Å². The zero-order valence-electron chi connectivity index (χ0n) is 23.8. The van der Waals surface area contributed by atoms with Crippen molar-refractivity contribution in [3.8, 4) is 44.5 Å². The van der Waals surface area contributed by atoms with Crippen molar-refractivity contribution in [1.82, 2.24) is 0 Å². The summed E-state index contributed by atoms with van der Waals surface area (Å²) in [6, 6.07) is 57.5. The second-order valence-corrected chi connectivity index (χ2v) is 13.4. The van der Waals surface area contributed by atoms with Gasteiger partial charge in [0.1, 0.15) is 0 Å². The fraction of sp³-hybridized carbons (Fsp3) is 0. The minimum absolute atomic E-state index is 1.25. The third kappa shape index (κ3) is 4.03. The molecule has 7 aromatic carbocycles. The minimum Gasteiger partial charge on any atom is -0.134 e. The first-order chi connectivity index (χ1) is 21.8. The van der Waals surface area contributed by atoms with Crippen LogP contribution in [0.4, 0.5) is 0 Å². The highest BCUT2D eigenvalue weighted by Gasteiger charge is 2.24. The van der Waals surface area contributed by atoms with Crippen LogP contribution in [0.5, 0.6) is 0 Å². The number of rotatable bonds is 4. The number of hydrogen-bond donors (Lipinski definition) is 0. The summed E-state index contributed by atoms with van der Waals surface area (Å²) in [5, 5.41) is 5.40. The molecule has 0 spiro atoms. The molecule has 0 nitrogen and oxygen atoms in total. The summed E-state index contributed by atoms with van der Waals surface area (Å²) >= 11 is 3.86. The molecule has 0 fully saturated rings. The van der Waals surface area contributed by atoms with E-state index >= 15 is 0 Å². The first-order valence-electron chi connectivity index (χ1n) is 14.9. The molecule has 2 heteroatoms. The summed E-state index contributed by atoms with van der Waals surface area (Å²) in [7, 11) is 0. The molecule has 0 radical (unpaired) electrons. The monoisotopic (exact) mass is 594 g/mol. The molecule has 0 aliphatic heterocycles. The van der Waals surface area contributed by atoms with Crippen LogP contribution in [0.3, 0.4) is 0 Å². The Kier molecular flexibility index (Phi) is 5.97. The number of benzene rings is 7. The summed E-state index contributed by atoms with van der Waals surface area (Å²) in [6.07, 6.45) is 0. The topological polar surface area (TPSA) is 0 Å². The molecule has 0 atom stereocenters. The van der Waals surface area contributed by atoms with Gasteiger partial charge in [0, 0.05) is 51.5 Å². The van der Waals surface area contributed by atoms with Gasteiger partial charge in [-0.2, -0.15) is 0 Å². The van der Waals surface area contributed by atoms with Crippen molar-refractivity contribution in [3.05, 3.63) is 158 Å². The third-order valence-corrected chi connectivity index (χ3v) is 11.0. The molecule has 0 aliphatic carbocycles. The van der Waals surface area contributed by atoms with Crippen LogP contribution in [0.15, 0.2) is 158 Å². The van der Waals surface area contributed by atoms with Gasteiger partial charge in [-0.15, -0.1) is 22.7 Å². The van der Waals surface area contributed by atoms with Gasteiger partial charge in [-0.1, -0.05) is 133 Å². The number of thiophene rings is 2. The molecule has 0 unspecified atom stereocenters. The first kappa shape index (κ1) is 25.5. The fourth-order valence-electron chi connectivity index (χ4n) is 6.65. The van der Waals surface area contributed by atoms with Gasteiger partial charge in [0.05, 0.1) is 0 Å². The zero-order valence-corrected chi connectivity index (χ0v) is 25.5. The molecule has 2 aromatic heterocycles. The Morgan fingerprint density at radius 2 is 0.636 bits per heavy atom. The Morgan fingerprint density at radius 1 is 0.295 bits per heavy atom. The van der Waals surface area contributed by atoms with Crippen molar-refractivity contribution >= 4 is 63.0 Å². The van der Waals surface area contributed by atoms with Crippen LogP contribution < -0.4 is 0 Å². The Bertz CT molecular complexity index is 2280. The Balaban J connectivity index is 1.50. The minimum atomic E-state index is 1.25. The SMILES string of the molecule is c1ccc(-c2ccc3sc4c(-c5ccccc5)c(-c5ccccc5)c5sc6ccc(-c7ccccc7)cc6c5c4c3c2)cc1. The van der Waals surface area contributed by atoms with Crippen molar-refractivity contribution < 1.29 is 0 Å². The molecule has 0 amide bonds. The van der Waals surface area contributed by atoms with Crippen LogP contribution in [0.1, 0.15) is 0 Å². The maximum Gasteiger partial charge on any atom is 0.0447 e. The van der Waals surface area contributed by atoms with E-state index in [0.29, 0.717) is 0 Å². The summed E-state index contributed by atoms with van der Waals surface area (Å²) in [6.45, 7) is 0. The molecule has 0 saturated carbocycles. The van der Waals surface area contributed by atoms with Crippen LogP contribution in [0, 0.1) is 0 Å². The largest absolute Gasteiger partial charge is 0.134 e. The van der Waals surface area contributed by atoms with Crippen molar-refractivity contribution in [2.24, 2.45) is 0 Å². The van der Waals surface area contributed by atoms with E-state index in [4.69, 9.17) is 0 Å². The van der Waals surface area contributed by atoms with E-state index in [2.05, 4.69) is 158 Å². The average Bonchev–Trinajstić information content (AvgIpc) is 3.67. The van der Waals surface area contributed by atoms with Gasteiger partial charge in [0.25, 0.3) is 0 Å². The molecule has 44 heavy (non-hydrogen) atoms. The van der Waals surface area contributed by atoms with Crippen LogP contribution in [-0.4, -0.2) is 0 Å². The summed E-state index contributed by atoms with van der Waals surface area (Å²) in [5.74, 6) is 0. The van der Waals surface area contributed by atoms with Crippen LogP contribution in [0.2, 0.25) is 0 Å². The number of fused-ring (bicyclic) bond motifs is 7. The highest BCUT2D eigenvalue weighted by atomic mass is 32.1. The van der Waals surface area contributed by atoms with Crippen LogP contribution >= 0.6 is 22.7 Å². The summed E-state index contributed by atoms with van der Waals surface area (Å²) in [5.41, 5.74) is 10.2. The van der Waals surface area contributed by atoms with E-state index in [9.17, 15) is 0 Å². The molecular formula is C42H26S2. The average molecular weight is 595 g/mol. The maximum atomic E-state index is 2.42. The lowest BCUT2D eigenvalue weighted by Crippen LogP contribution is -1.88. The van der Waals surface area contributed by atoms with Gasteiger partial charge in [0.15, 0.2) is 0 Å². The molecule has 0 N–H and O–H groups in total. The number of hydrogen-bond acceptors (Lipinski definition) is 2. The molecule has 9 rings (SSSR count). The second-order valence-electron chi connectivity index (χ2n) is 11.2. The second kappa shape index (κ2) is 10.3. The molecule has 9 aromatic rings. The lowest BCUT2D eigenvalue weighted by molar-refractivity contribution is 1.65. The molecule has 206 valence electrons. The van der Waals surface area contributed by atoms with Crippen molar-refractivity contribution in [1.29, 1.82) is 0 Å². The van der Waals surface area contributed by atoms with Gasteiger partial charge in [-0.05, 0) is 57.6 Å². The first-order valence-corrected chi connectivity index (χ1v) is 16.6. The van der Waals surface area contributed by atoms with Crippen LogP contribution in [-0.2, 0) is 0 Å². The lowest BCUT2D eigenvalue weighted by Gasteiger charge is -2.15. The molecule has 0 aliphatic rings. The van der Waals surface area contributed by atoms with Crippen molar-refractivity contribution in [2.75, 3.05) is 0 Å². The van der Waals surface area contributed by atoms with E-state index in [1.807, 2.05) is 22.7 Å². The third-order valence-electron chi connectivity index (χ3n) is 8.67. The van der Waals surface area contributed by atoms with Crippen LogP contribution in [0.25, 0.3) is 84.9 Å². The Labute approximate surface area is 264 Å². The normalized spacial score (nSPS) is 11.6. The van der Waals surface area contributed by atoms with E-state index in [1.54, 1.807) is 0 Å². The van der Waals surface area contributed by atoms with Gasteiger partial charge < -0.3 is 0 Å². The van der Waals surface area contributed by atoms with Gasteiger partial charge in [0.2, 0.25) is 0 Å². The summed E-state index contributed by atoms with van der Waals surface area (Å²) < 4.78 is 5.35. The highest BCUT2D eigenvalue weighted by molar-refractivity contribution is 7.29. The molecule has 2 heterocycles. The van der Waals surface area contributed by atoms with E-state index in [-0.39, 0.29) is 0 Å². The molecule has 0 saturated heterocycles. The smallest absolute Gasteiger partial charge is 0.0447 e. The van der Waals surface area contributed by atoms with E-state index < -0.39 is 0 Å². The molecular weight excluding hydrogens is 569 g/mol. The van der Waals surface area contributed by atoms with Gasteiger partial charge >= 0.3 is 0 Å². The van der Waals surface area contributed by atoms with E-state index in [0.717, 1.165) is 0 Å². The standard InChI is InChI=1S/C42H26S2/c1-5-13-27(14-6-1)31-21-23-35-33(25-31)39-40-34-26-32(28-15-7-2-8-16-28)22-24-36(34)44-42(40)38(30-19-11-4-12-20-30)37(41(39)43-35)29-17-9-3-10-18-29/h1-26H. The van der Waals surface area contributed by atoms with E-state index in [1.165, 1.54) is 84.9 Å². The zero-order chi connectivity index (χ0) is 29.0.